The van der Waals surface area contributed by atoms with E-state index in [0.29, 0.717) is 0 Å². The summed E-state index contributed by atoms with van der Waals surface area (Å²) in [5.74, 6) is 0. The molecule has 0 aromatic carbocycles. The minimum atomic E-state index is 1.26. The summed E-state index contributed by atoms with van der Waals surface area (Å²) in [5.41, 5.74) is 1.48. The van der Waals surface area contributed by atoms with E-state index in [1.54, 1.807) is 0 Å². The first-order valence-electron chi connectivity index (χ1n) is 5.97. The van der Waals surface area contributed by atoms with E-state index in [2.05, 4.69) is 20.4 Å². The molecule has 13 heavy (non-hydrogen) atoms. The minimum Gasteiger partial charge on any atom is -0.0999 e. The lowest BCUT2D eigenvalue weighted by atomic mass is 10.0. The number of hydrogen-bond donors (Lipinski definition) is 0. The van der Waals surface area contributed by atoms with Crippen molar-refractivity contribution in [1.29, 1.82) is 0 Å². The standard InChI is InChI=1S/C13H26/c1-4-6-8-10-12-13(3)11-9-7-5-2/h3-12H2,1-2H3. The van der Waals surface area contributed by atoms with Gasteiger partial charge in [-0.25, -0.2) is 0 Å². The van der Waals surface area contributed by atoms with Crippen LogP contribution in [0.5, 0.6) is 0 Å². The SMILES string of the molecule is C=C(CCCCC)CCCCCC. The van der Waals surface area contributed by atoms with Crippen LogP contribution in [-0.4, -0.2) is 0 Å². The van der Waals surface area contributed by atoms with Crippen LogP contribution in [0.3, 0.4) is 0 Å². The Bertz CT molecular complexity index is 113. The molecule has 0 heteroatoms. The van der Waals surface area contributed by atoms with Crippen LogP contribution in [-0.2, 0) is 0 Å². The summed E-state index contributed by atoms with van der Waals surface area (Å²) in [4.78, 5) is 0. The van der Waals surface area contributed by atoms with Crippen molar-refractivity contribution in [3.05, 3.63) is 12.2 Å². The van der Waals surface area contributed by atoms with Gasteiger partial charge in [0.15, 0.2) is 0 Å². The highest BCUT2D eigenvalue weighted by molar-refractivity contribution is 4.93. The van der Waals surface area contributed by atoms with Crippen molar-refractivity contribution in [3.63, 3.8) is 0 Å². The van der Waals surface area contributed by atoms with E-state index in [1.807, 2.05) is 0 Å². The number of unbranched alkanes of at least 4 members (excludes halogenated alkanes) is 5. The number of hydrogen-bond acceptors (Lipinski definition) is 0. The van der Waals surface area contributed by atoms with Crippen LogP contribution >= 0.6 is 0 Å². The lowest BCUT2D eigenvalue weighted by Gasteiger charge is -2.04. The second-order valence-corrected chi connectivity index (χ2v) is 4.02. The molecule has 78 valence electrons. The fourth-order valence-corrected chi connectivity index (χ4v) is 1.55. The Balaban J connectivity index is 3.11. The normalized spacial score (nSPS) is 10.3. The van der Waals surface area contributed by atoms with Crippen molar-refractivity contribution in [2.75, 3.05) is 0 Å². The number of allylic oxidation sites excluding steroid dienone is 1. The van der Waals surface area contributed by atoms with Gasteiger partial charge in [-0.2, -0.15) is 0 Å². The average Bonchev–Trinajstić information content (AvgIpc) is 2.13. The van der Waals surface area contributed by atoms with Crippen molar-refractivity contribution in [3.8, 4) is 0 Å². The second kappa shape index (κ2) is 9.83. The zero-order chi connectivity index (χ0) is 9.94. The quantitative estimate of drug-likeness (QED) is 0.344. The van der Waals surface area contributed by atoms with E-state index in [-0.39, 0.29) is 0 Å². The highest BCUT2D eigenvalue weighted by Gasteiger charge is 1.94. The summed E-state index contributed by atoms with van der Waals surface area (Å²) >= 11 is 0. The molecule has 0 atom stereocenters. The van der Waals surface area contributed by atoms with E-state index < -0.39 is 0 Å². The molecule has 0 aromatic rings. The monoisotopic (exact) mass is 182 g/mol. The third-order valence-electron chi connectivity index (χ3n) is 2.52. The van der Waals surface area contributed by atoms with Gasteiger partial charge in [-0.1, -0.05) is 58.1 Å². The summed E-state index contributed by atoms with van der Waals surface area (Å²) in [5, 5.41) is 0. The molecular formula is C13H26. The van der Waals surface area contributed by atoms with Gasteiger partial charge in [0.25, 0.3) is 0 Å². The summed E-state index contributed by atoms with van der Waals surface area (Å²) in [6, 6.07) is 0. The Morgan fingerprint density at radius 3 is 1.77 bits per heavy atom. The largest absolute Gasteiger partial charge is 0.0999 e. The molecule has 0 N–H and O–H groups in total. The lowest BCUT2D eigenvalue weighted by Crippen LogP contribution is -1.84. The van der Waals surface area contributed by atoms with Crippen molar-refractivity contribution in [1.82, 2.24) is 0 Å². The van der Waals surface area contributed by atoms with Gasteiger partial charge >= 0.3 is 0 Å². The fraction of sp³-hybridized carbons (Fsp3) is 0.846. The molecule has 0 heterocycles. The molecule has 0 rings (SSSR count). The molecule has 0 nitrogen and oxygen atoms in total. The van der Waals surface area contributed by atoms with Crippen LogP contribution in [0.25, 0.3) is 0 Å². The molecule has 0 saturated carbocycles. The topological polar surface area (TPSA) is 0 Å². The van der Waals surface area contributed by atoms with Crippen LogP contribution in [0.15, 0.2) is 12.2 Å². The van der Waals surface area contributed by atoms with Gasteiger partial charge in [-0.3, -0.25) is 0 Å². The fourth-order valence-electron chi connectivity index (χ4n) is 1.55. The Morgan fingerprint density at radius 1 is 0.769 bits per heavy atom. The van der Waals surface area contributed by atoms with E-state index in [1.165, 1.54) is 63.4 Å². The first-order chi connectivity index (χ1) is 6.31. The Hall–Kier alpha value is -0.260. The van der Waals surface area contributed by atoms with Crippen LogP contribution in [0.4, 0.5) is 0 Å². The van der Waals surface area contributed by atoms with Crippen LogP contribution < -0.4 is 0 Å². The molecule has 0 aliphatic heterocycles. The lowest BCUT2D eigenvalue weighted by molar-refractivity contribution is 0.638. The maximum absolute atomic E-state index is 4.12. The molecule has 0 unspecified atom stereocenters. The molecule has 0 aliphatic carbocycles. The maximum atomic E-state index is 4.12. The Kier molecular flexibility index (Phi) is 9.63. The van der Waals surface area contributed by atoms with Gasteiger partial charge in [0.1, 0.15) is 0 Å². The average molecular weight is 182 g/mol. The van der Waals surface area contributed by atoms with Gasteiger partial charge in [0, 0.05) is 0 Å². The summed E-state index contributed by atoms with van der Waals surface area (Å²) in [6.07, 6.45) is 12.1. The summed E-state index contributed by atoms with van der Waals surface area (Å²) < 4.78 is 0. The molecule has 0 fully saturated rings. The van der Waals surface area contributed by atoms with Gasteiger partial charge in [0.2, 0.25) is 0 Å². The molecule has 0 amide bonds. The van der Waals surface area contributed by atoms with Crippen LogP contribution in [0.2, 0.25) is 0 Å². The predicted molar refractivity (Wildman–Crippen MR) is 62.0 cm³/mol. The molecule has 0 radical (unpaired) electrons. The smallest absolute Gasteiger partial charge is 0.0323 e. The van der Waals surface area contributed by atoms with Gasteiger partial charge in [0.05, 0.1) is 0 Å². The Morgan fingerprint density at radius 2 is 1.23 bits per heavy atom. The maximum Gasteiger partial charge on any atom is -0.0323 e. The minimum absolute atomic E-state index is 1.26. The molecule has 0 aromatic heterocycles. The molecule has 0 aliphatic rings. The van der Waals surface area contributed by atoms with E-state index in [4.69, 9.17) is 0 Å². The first kappa shape index (κ1) is 12.7. The zero-order valence-corrected chi connectivity index (χ0v) is 9.57. The van der Waals surface area contributed by atoms with Gasteiger partial charge < -0.3 is 0 Å². The predicted octanol–water partition coefficient (Wildman–Crippen LogP) is 5.09. The van der Waals surface area contributed by atoms with Crippen molar-refractivity contribution < 1.29 is 0 Å². The van der Waals surface area contributed by atoms with E-state index >= 15 is 0 Å². The van der Waals surface area contributed by atoms with Crippen molar-refractivity contribution in [2.24, 2.45) is 0 Å². The zero-order valence-electron chi connectivity index (χ0n) is 9.57. The van der Waals surface area contributed by atoms with E-state index in [9.17, 15) is 0 Å². The second-order valence-electron chi connectivity index (χ2n) is 4.02. The van der Waals surface area contributed by atoms with Crippen molar-refractivity contribution >= 4 is 0 Å². The highest BCUT2D eigenvalue weighted by Crippen LogP contribution is 2.14. The summed E-state index contributed by atoms with van der Waals surface area (Å²) in [7, 11) is 0. The summed E-state index contributed by atoms with van der Waals surface area (Å²) in [6.45, 7) is 8.64. The van der Waals surface area contributed by atoms with Crippen LogP contribution in [0.1, 0.15) is 71.6 Å². The van der Waals surface area contributed by atoms with Crippen molar-refractivity contribution in [2.45, 2.75) is 71.6 Å². The highest BCUT2D eigenvalue weighted by atomic mass is 14.0. The molecule has 0 bridgehead atoms. The number of rotatable bonds is 9. The Labute approximate surface area is 84.4 Å². The van der Waals surface area contributed by atoms with Crippen LogP contribution in [0, 0.1) is 0 Å². The molecule has 0 spiro atoms. The first-order valence-corrected chi connectivity index (χ1v) is 5.97. The molecule has 0 saturated heterocycles. The molecular weight excluding hydrogens is 156 g/mol. The van der Waals surface area contributed by atoms with Gasteiger partial charge in [-0.05, 0) is 25.7 Å². The third kappa shape index (κ3) is 9.66. The third-order valence-corrected chi connectivity index (χ3v) is 2.52. The van der Waals surface area contributed by atoms with Gasteiger partial charge in [-0.15, -0.1) is 0 Å². The van der Waals surface area contributed by atoms with E-state index in [0.717, 1.165) is 0 Å².